The molecule has 0 heterocycles. The van der Waals surface area contributed by atoms with Crippen molar-refractivity contribution in [3.63, 3.8) is 0 Å². The third-order valence-electron chi connectivity index (χ3n) is 3.03. The van der Waals surface area contributed by atoms with Crippen molar-refractivity contribution < 1.29 is 9.18 Å². The first-order valence-electron chi connectivity index (χ1n) is 6.56. The van der Waals surface area contributed by atoms with Crippen LogP contribution in [0.25, 0.3) is 0 Å². The van der Waals surface area contributed by atoms with Gasteiger partial charge in [0.25, 0.3) is 0 Å². The average Bonchev–Trinajstić information content (AvgIpc) is 2.46. The fourth-order valence-electron chi connectivity index (χ4n) is 1.87. The van der Waals surface area contributed by atoms with Gasteiger partial charge in [-0.2, -0.15) is 0 Å². The summed E-state index contributed by atoms with van der Waals surface area (Å²) in [7, 11) is 0. The highest BCUT2D eigenvalue weighted by atomic mass is 79.9. The summed E-state index contributed by atoms with van der Waals surface area (Å²) in [6.07, 6.45) is 0. The van der Waals surface area contributed by atoms with Crippen LogP contribution < -0.4 is 10.6 Å². The third-order valence-corrected chi connectivity index (χ3v) is 3.52. The van der Waals surface area contributed by atoms with E-state index >= 15 is 0 Å². The number of carbonyl (C=O) groups is 1. The van der Waals surface area contributed by atoms with Crippen LogP contribution in [0.1, 0.15) is 11.1 Å². The first kappa shape index (κ1) is 15.5. The Kier molecular flexibility index (Phi) is 5.33. The van der Waals surface area contributed by atoms with Gasteiger partial charge in [-0.3, -0.25) is 4.79 Å². The molecule has 0 bridgehead atoms. The summed E-state index contributed by atoms with van der Waals surface area (Å²) >= 11 is 3.40. The Balaban J connectivity index is 1.80. The number of hydrogen-bond donors (Lipinski definition) is 2. The largest absolute Gasteiger partial charge is 0.376 e. The topological polar surface area (TPSA) is 41.1 Å². The van der Waals surface area contributed by atoms with Gasteiger partial charge in [0.05, 0.1) is 6.54 Å². The van der Waals surface area contributed by atoms with Gasteiger partial charge in [0, 0.05) is 16.7 Å². The second-order valence-electron chi connectivity index (χ2n) is 4.72. The standard InChI is InChI=1S/C16H16BrFN2O/c1-11-8-13(17)4-7-15(11)19-10-16(21)20-9-12-2-5-14(18)6-3-12/h2-8,19H,9-10H2,1H3,(H,20,21). The lowest BCUT2D eigenvalue weighted by Crippen LogP contribution is -2.29. The highest BCUT2D eigenvalue weighted by molar-refractivity contribution is 9.10. The summed E-state index contributed by atoms with van der Waals surface area (Å²) in [4.78, 5) is 11.8. The zero-order chi connectivity index (χ0) is 15.2. The fourth-order valence-corrected chi connectivity index (χ4v) is 2.34. The zero-order valence-corrected chi connectivity index (χ0v) is 13.2. The molecule has 3 nitrogen and oxygen atoms in total. The monoisotopic (exact) mass is 350 g/mol. The van der Waals surface area contributed by atoms with Crippen LogP contribution in [-0.2, 0) is 11.3 Å². The SMILES string of the molecule is Cc1cc(Br)ccc1NCC(=O)NCc1ccc(F)cc1. The lowest BCUT2D eigenvalue weighted by molar-refractivity contribution is -0.119. The van der Waals surface area contributed by atoms with Crippen LogP contribution in [0.3, 0.4) is 0 Å². The van der Waals surface area contributed by atoms with Crippen LogP contribution in [-0.4, -0.2) is 12.5 Å². The van der Waals surface area contributed by atoms with E-state index in [4.69, 9.17) is 0 Å². The van der Waals surface area contributed by atoms with Gasteiger partial charge in [-0.1, -0.05) is 28.1 Å². The molecule has 0 aliphatic heterocycles. The molecule has 110 valence electrons. The molecule has 2 rings (SSSR count). The number of anilines is 1. The van der Waals surface area contributed by atoms with Crippen LogP contribution >= 0.6 is 15.9 Å². The van der Waals surface area contributed by atoms with Crippen LogP contribution in [0.15, 0.2) is 46.9 Å². The van der Waals surface area contributed by atoms with Crippen LogP contribution in [0.4, 0.5) is 10.1 Å². The predicted octanol–water partition coefficient (Wildman–Crippen LogP) is 3.62. The lowest BCUT2D eigenvalue weighted by Gasteiger charge is -2.10. The fraction of sp³-hybridized carbons (Fsp3) is 0.188. The number of benzene rings is 2. The van der Waals surface area contributed by atoms with Crippen LogP contribution in [0, 0.1) is 12.7 Å². The van der Waals surface area contributed by atoms with E-state index in [0.29, 0.717) is 6.54 Å². The van der Waals surface area contributed by atoms with E-state index in [1.165, 1.54) is 12.1 Å². The van der Waals surface area contributed by atoms with Crippen molar-refractivity contribution >= 4 is 27.5 Å². The van der Waals surface area contributed by atoms with Gasteiger partial charge in [0.2, 0.25) is 5.91 Å². The van der Waals surface area contributed by atoms with Gasteiger partial charge in [0.1, 0.15) is 5.82 Å². The maximum atomic E-state index is 12.8. The van der Waals surface area contributed by atoms with E-state index in [9.17, 15) is 9.18 Å². The number of rotatable bonds is 5. The van der Waals surface area contributed by atoms with Crippen molar-refractivity contribution in [2.75, 3.05) is 11.9 Å². The Bertz CT molecular complexity index is 629. The zero-order valence-electron chi connectivity index (χ0n) is 11.6. The van der Waals surface area contributed by atoms with Crippen LogP contribution in [0.2, 0.25) is 0 Å². The Labute approximate surface area is 131 Å². The molecule has 0 spiro atoms. The van der Waals surface area contributed by atoms with Gasteiger partial charge in [-0.05, 0) is 48.4 Å². The third kappa shape index (κ3) is 4.86. The summed E-state index contributed by atoms with van der Waals surface area (Å²) in [5.41, 5.74) is 2.86. The van der Waals surface area contributed by atoms with E-state index in [1.54, 1.807) is 12.1 Å². The van der Waals surface area contributed by atoms with Crippen molar-refractivity contribution in [2.45, 2.75) is 13.5 Å². The molecule has 0 aliphatic rings. The summed E-state index contributed by atoms with van der Waals surface area (Å²) in [5.74, 6) is -0.390. The summed E-state index contributed by atoms with van der Waals surface area (Å²) in [6, 6.07) is 11.9. The van der Waals surface area contributed by atoms with Gasteiger partial charge in [0.15, 0.2) is 0 Å². The predicted molar refractivity (Wildman–Crippen MR) is 85.6 cm³/mol. The van der Waals surface area contributed by atoms with E-state index in [1.807, 2.05) is 25.1 Å². The van der Waals surface area contributed by atoms with Crippen molar-refractivity contribution in [3.05, 3.63) is 63.9 Å². The molecular formula is C16H16BrFN2O. The van der Waals surface area contributed by atoms with Crippen molar-refractivity contribution in [2.24, 2.45) is 0 Å². The van der Waals surface area contributed by atoms with E-state index in [2.05, 4.69) is 26.6 Å². The van der Waals surface area contributed by atoms with Crippen molar-refractivity contribution in [1.29, 1.82) is 0 Å². The quantitative estimate of drug-likeness (QED) is 0.864. The van der Waals surface area contributed by atoms with E-state index in [0.717, 1.165) is 21.3 Å². The second-order valence-corrected chi connectivity index (χ2v) is 5.63. The minimum atomic E-state index is -0.280. The lowest BCUT2D eigenvalue weighted by atomic mass is 10.2. The minimum absolute atomic E-state index is 0.110. The molecule has 0 aromatic heterocycles. The van der Waals surface area contributed by atoms with Crippen molar-refractivity contribution in [1.82, 2.24) is 5.32 Å². The molecule has 1 amide bonds. The molecule has 0 unspecified atom stereocenters. The maximum absolute atomic E-state index is 12.8. The van der Waals surface area contributed by atoms with Gasteiger partial charge < -0.3 is 10.6 Å². The Morgan fingerprint density at radius 2 is 1.90 bits per heavy atom. The Morgan fingerprint density at radius 1 is 1.19 bits per heavy atom. The first-order chi connectivity index (χ1) is 10.0. The van der Waals surface area contributed by atoms with E-state index < -0.39 is 0 Å². The second kappa shape index (κ2) is 7.22. The van der Waals surface area contributed by atoms with E-state index in [-0.39, 0.29) is 18.3 Å². The number of halogens is 2. The molecule has 5 heteroatoms. The van der Waals surface area contributed by atoms with Crippen LogP contribution in [0.5, 0.6) is 0 Å². The molecule has 0 aliphatic carbocycles. The molecule has 0 saturated carbocycles. The minimum Gasteiger partial charge on any atom is -0.376 e. The smallest absolute Gasteiger partial charge is 0.239 e. The highest BCUT2D eigenvalue weighted by Gasteiger charge is 2.03. The number of amides is 1. The summed E-state index contributed by atoms with van der Waals surface area (Å²) in [5, 5.41) is 5.88. The molecule has 21 heavy (non-hydrogen) atoms. The molecular weight excluding hydrogens is 335 g/mol. The number of aryl methyl sites for hydroxylation is 1. The average molecular weight is 351 g/mol. The number of carbonyl (C=O) groups excluding carboxylic acids is 1. The van der Waals surface area contributed by atoms with Crippen molar-refractivity contribution in [3.8, 4) is 0 Å². The normalized spacial score (nSPS) is 10.2. The highest BCUT2D eigenvalue weighted by Crippen LogP contribution is 2.19. The number of nitrogens with one attached hydrogen (secondary N) is 2. The van der Waals surface area contributed by atoms with Gasteiger partial charge >= 0.3 is 0 Å². The molecule has 0 atom stereocenters. The molecule has 2 N–H and O–H groups in total. The first-order valence-corrected chi connectivity index (χ1v) is 7.35. The molecule has 0 fully saturated rings. The Morgan fingerprint density at radius 3 is 2.57 bits per heavy atom. The molecule has 0 saturated heterocycles. The number of hydrogen-bond acceptors (Lipinski definition) is 2. The Hall–Kier alpha value is -1.88. The summed E-state index contributed by atoms with van der Waals surface area (Å²) in [6.45, 7) is 2.56. The molecule has 2 aromatic rings. The molecule has 2 aromatic carbocycles. The maximum Gasteiger partial charge on any atom is 0.239 e. The van der Waals surface area contributed by atoms with Gasteiger partial charge in [-0.25, -0.2) is 4.39 Å². The molecule has 0 radical (unpaired) electrons. The summed E-state index contributed by atoms with van der Waals surface area (Å²) < 4.78 is 13.8. The van der Waals surface area contributed by atoms with Gasteiger partial charge in [-0.15, -0.1) is 0 Å².